The zero-order chi connectivity index (χ0) is 14.4. The van der Waals surface area contributed by atoms with E-state index < -0.39 is 0 Å². The summed E-state index contributed by atoms with van der Waals surface area (Å²) in [6, 6.07) is 10.8. The minimum atomic E-state index is 0.916. The molecule has 0 bridgehead atoms. The second-order valence-corrected chi connectivity index (χ2v) is 5.27. The quantitative estimate of drug-likeness (QED) is 0.838. The molecule has 1 heterocycles. The van der Waals surface area contributed by atoms with Crippen molar-refractivity contribution in [3.05, 3.63) is 59.0 Å². The highest BCUT2D eigenvalue weighted by atomic mass is 16.3. The molecule has 20 heavy (non-hydrogen) atoms. The van der Waals surface area contributed by atoms with Crippen LogP contribution in [0.1, 0.15) is 29.4 Å². The molecule has 2 aromatic rings. The minimum Gasteiger partial charge on any atom is -0.469 e. The zero-order valence-corrected chi connectivity index (χ0v) is 12.6. The van der Waals surface area contributed by atoms with Gasteiger partial charge in [-0.1, -0.05) is 31.2 Å². The summed E-state index contributed by atoms with van der Waals surface area (Å²) in [5.41, 5.74) is 3.96. The Morgan fingerprint density at radius 1 is 1.15 bits per heavy atom. The van der Waals surface area contributed by atoms with Gasteiger partial charge in [0.2, 0.25) is 0 Å². The standard InChI is InChI=1S/C17H24N2O/c1-4-18-11-15-6-5-7-16(10-15)12-19(3)13-17-8-9-20-14(17)2/h5-10,18H,4,11-13H2,1-3H3. The third-order valence-electron chi connectivity index (χ3n) is 3.43. The van der Waals surface area contributed by atoms with Crippen molar-refractivity contribution < 1.29 is 4.42 Å². The van der Waals surface area contributed by atoms with Gasteiger partial charge in [-0.25, -0.2) is 0 Å². The molecule has 0 saturated heterocycles. The van der Waals surface area contributed by atoms with Crippen molar-refractivity contribution in [2.24, 2.45) is 0 Å². The van der Waals surface area contributed by atoms with Gasteiger partial charge in [0.15, 0.2) is 0 Å². The van der Waals surface area contributed by atoms with E-state index in [0.717, 1.165) is 31.9 Å². The Kier molecular flexibility index (Phi) is 5.39. The number of hydrogen-bond acceptors (Lipinski definition) is 3. The average Bonchev–Trinajstić information content (AvgIpc) is 2.82. The van der Waals surface area contributed by atoms with E-state index in [9.17, 15) is 0 Å². The maximum absolute atomic E-state index is 5.34. The molecule has 1 N–H and O–H groups in total. The van der Waals surface area contributed by atoms with Crippen LogP contribution < -0.4 is 5.32 Å². The van der Waals surface area contributed by atoms with Crippen LogP contribution in [0.15, 0.2) is 41.0 Å². The Morgan fingerprint density at radius 2 is 1.95 bits per heavy atom. The predicted molar refractivity (Wildman–Crippen MR) is 82.4 cm³/mol. The number of aryl methyl sites for hydroxylation is 1. The fourth-order valence-corrected chi connectivity index (χ4v) is 2.34. The molecule has 0 unspecified atom stereocenters. The van der Waals surface area contributed by atoms with Crippen molar-refractivity contribution in [1.29, 1.82) is 0 Å². The van der Waals surface area contributed by atoms with E-state index in [1.807, 2.05) is 13.0 Å². The van der Waals surface area contributed by atoms with Crippen molar-refractivity contribution in [3.8, 4) is 0 Å². The third kappa shape index (κ3) is 4.22. The molecule has 0 aliphatic rings. The van der Waals surface area contributed by atoms with Crippen LogP contribution in [0.25, 0.3) is 0 Å². The average molecular weight is 272 g/mol. The van der Waals surface area contributed by atoms with Gasteiger partial charge in [0.25, 0.3) is 0 Å². The molecule has 0 spiro atoms. The Hall–Kier alpha value is -1.58. The first kappa shape index (κ1) is 14.8. The molecule has 1 aromatic carbocycles. The topological polar surface area (TPSA) is 28.4 Å². The van der Waals surface area contributed by atoms with E-state index in [-0.39, 0.29) is 0 Å². The zero-order valence-electron chi connectivity index (χ0n) is 12.6. The fraction of sp³-hybridized carbons (Fsp3) is 0.412. The van der Waals surface area contributed by atoms with Crippen LogP contribution >= 0.6 is 0 Å². The summed E-state index contributed by atoms with van der Waals surface area (Å²) in [5, 5.41) is 3.36. The van der Waals surface area contributed by atoms with E-state index in [1.165, 1.54) is 16.7 Å². The second kappa shape index (κ2) is 7.27. The molecule has 3 nitrogen and oxygen atoms in total. The number of hydrogen-bond donors (Lipinski definition) is 1. The van der Waals surface area contributed by atoms with Gasteiger partial charge >= 0.3 is 0 Å². The number of nitrogens with one attached hydrogen (secondary N) is 1. The van der Waals surface area contributed by atoms with Gasteiger partial charge in [0, 0.05) is 25.2 Å². The Bertz CT molecular complexity index is 533. The van der Waals surface area contributed by atoms with Crippen molar-refractivity contribution in [2.45, 2.75) is 33.5 Å². The van der Waals surface area contributed by atoms with Gasteiger partial charge in [0.1, 0.15) is 5.76 Å². The van der Waals surface area contributed by atoms with E-state index >= 15 is 0 Å². The molecular weight excluding hydrogens is 248 g/mol. The van der Waals surface area contributed by atoms with Crippen molar-refractivity contribution in [3.63, 3.8) is 0 Å². The predicted octanol–water partition coefficient (Wildman–Crippen LogP) is 3.33. The Labute approximate surface area is 121 Å². The van der Waals surface area contributed by atoms with E-state index in [1.54, 1.807) is 6.26 Å². The first-order valence-electron chi connectivity index (χ1n) is 7.19. The molecule has 2 rings (SSSR count). The molecular formula is C17H24N2O. The fourth-order valence-electron chi connectivity index (χ4n) is 2.34. The lowest BCUT2D eigenvalue weighted by molar-refractivity contribution is 0.316. The lowest BCUT2D eigenvalue weighted by Crippen LogP contribution is -2.18. The van der Waals surface area contributed by atoms with Gasteiger partial charge in [-0.2, -0.15) is 0 Å². The summed E-state index contributed by atoms with van der Waals surface area (Å²) in [5.74, 6) is 1.01. The maximum atomic E-state index is 5.34. The summed E-state index contributed by atoms with van der Waals surface area (Å²) >= 11 is 0. The molecule has 108 valence electrons. The molecule has 0 saturated carbocycles. The van der Waals surface area contributed by atoms with Crippen LogP contribution in [0, 0.1) is 6.92 Å². The van der Waals surface area contributed by atoms with Gasteiger partial charge in [-0.05, 0) is 37.7 Å². The molecule has 1 aromatic heterocycles. The second-order valence-electron chi connectivity index (χ2n) is 5.27. The van der Waals surface area contributed by atoms with Crippen LogP contribution in [0.5, 0.6) is 0 Å². The highest BCUT2D eigenvalue weighted by molar-refractivity contribution is 5.23. The lowest BCUT2D eigenvalue weighted by atomic mass is 10.1. The normalized spacial score (nSPS) is 11.2. The van der Waals surface area contributed by atoms with Crippen LogP contribution in [-0.2, 0) is 19.6 Å². The largest absolute Gasteiger partial charge is 0.469 e. The van der Waals surface area contributed by atoms with Gasteiger partial charge < -0.3 is 9.73 Å². The van der Waals surface area contributed by atoms with Crippen LogP contribution in [0.2, 0.25) is 0 Å². The molecule has 0 aliphatic heterocycles. The molecule has 0 amide bonds. The van der Waals surface area contributed by atoms with Crippen molar-refractivity contribution in [2.75, 3.05) is 13.6 Å². The number of rotatable bonds is 7. The highest BCUT2D eigenvalue weighted by Gasteiger charge is 2.06. The van der Waals surface area contributed by atoms with Crippen LogP contribution in [0.3, 0.4) is 0 Å². The van der Waals surface area contributed by atoms with Gasteiger partial charge in [-0.15, -0.1) is 0 Å². The summed E-state index contributed by atoms with van der Waals surface area (Å²) < 4.78 is 5.34. The third-order valence-corrected chi connectivity index (χ3v) is 3.43. The van der Waals surface area contributed by atoms with E-state index in [4.69, 9.17) is 4.42 Å². The van der Waals surface area contributed by atoms with Crippen LogP contribution in [-0.4, -0.2) is 18.5 Å². The number of benzene rings is 1. The van der Waals surface area contributed by atoms with Crippen molar-refractivity contribution >= 4 is 0 Å². The smallest absolute Gasteiger partial charge is 0.105 e. The monoisotopic (exact) mass is 272 g/mol. The van der Waals surface area contributed by atoms with Gasteiger partial charge in [-0.3, -0.25) is 4.90 Å². The number of furan rings is 1. The minimum absolute atomic E-state index is 0.916. The first-order valence-corrected chi connectivity index (χ1v) is 7.19. The molecule has 0 radical (unpaired) electrons. The van der Waals surface area contributed by atoms with Crippen molar-refractivity contribution in [1.82, 2.24) is 10.2 Å². The Balaban J connectivity index is 1.93. The maximum Gasteiger partial charge on any atom is 0.105 e. The van der Waals surface area contributed by atoms with E-state index in [2.05, 4.69) is 48.5 Å². The first-order chi connectivity index (χ1) is 9.69. The van der Waals surface area contributed by atoms with Crippen LogP contribution in [0.4, 0.5) is 0 Å². The molecule has 0 atom stereocenters. The summed E-state index contributed by atoms with van der Waals surface area (Å²) in [7, 11) is 2.14. The van der Waals surface area contributed by atoms with E-state index in [0.29, 0.717) is 0 Å². The van der Waals surface area contributed by atoms with Gasteiger partial charge in [0.05, 0.1) is 6.26 Å². The summed E-state index contributed by atoms with van der Waals surface area (Å²) in [6.07, 6.45) is 1.76. The SMILES string of the molecule is CCNCc1cccc(CN(C)Cc2ccoc2C)c1. The molecule has 3 heteroatoms. The summed E-state index contributed by atoms with van der Waals surface area (Å²) in [6.45, 7) is 7.95. The molecule has 0 aliphatic carbocycles. The lowest BCUT2D eigenvalue weighted by Gasteiger charge is -2.17. The highest BCUT2D eigenvalue weighted by Crippen LogP contribution is 2.13. The molecule has 0 fully saturated rings. The number of nitrogens with zero attached hydrogens (tertiary/aromatic N) is 1. The Morgan fingerprint density at radius 3 is 2.65 bits per heavy atom. The summed E-state index contributed by atoms with van der Waals surface area (Å²) in [4.78, 5) is 2.31.